The second kappa shape index (κ2) is 7.97. The van der Waals surface area contributed by atoms with Crippen LogP contribution in [0.5, 0.6) is 0 Å². The number of carbonyl (C=O) groups excluding carboxylic acids is 1. The Morgan fingerprint density at radius 2 is 1.87 bits per heavy atom. The zero-order chi connectivity index (χ0) is 10.7. The van der Waals surface area contributed by atoms with Gasteiger partial charge in [-0.05, 0) is 0 Å². The smallest absolute Gasteiger partial charge is 0.846 e. The maximum absolute atomic E-state index is 11.8. The molecule has 6 nitrogen and oxygen atoms in total. The van der Waals surface area contributed by atoms with Gasteiger partial charge in [-0.25, -0.2) is 4.39 Å². The van der Waals surface area contributed by atoms with Gasteiger partial charge in [0.2, 0.25) is 0 Å². The predicted molar refractivity (Wildman–Crippen MR) is 30.5 cm³/mol. The Bertz CT molecular complexity index is 249. The van der Waals surface area contributed by atoms with Crippen LogP contribution in [0.1, 0.15) is 0 Å². The first-order valence-electron chi connectivity index (χ1n) is 2.79. The van der Waals surface area contributed by atoms with Crippen LogP contribution in [0.25, 0.3) is 0 Å². The van der Waals surface area contributed by atoms with Crippen molar-refractivity contribution in [2.45, 2.75) is 5.53 Å². The molecule has 0 heterocycles. The van der Waals surface area contributed by atoms with Gasteiger partial charge < -0.3 is 14.7 Å². The molecule has 1 atom stereocenters. The maximum Gasteiger partial charge on any atom is 1.00 e. The quantitative estimate of drug-likeness (QED) is 0.202. The van der Waals surface area contributed by atoms with E-state index in [2.05, 4.69) is 9.05 Å². The van der Waals surface area contributed by atoms with Crippen LogP contribution in [0.15, 0.2) is 0 Å². The number of hydrogen-bond donors (Lipinski definition) is 0. The Kier molecular flexibility index (Phi) is 11.2. The van der Waals surface area contributed by atoms with Gasteiger partial charge in [0, 0.05) is 12.6 Å². The summed E-state index contributed by atoms with van der Waals surface area (Å²) >= 11 is 0. The first kappa shape index (κ1) is 21.1. The van der Waals surface area contributed by atoms with Gasteiger partial charge in [0.05, 0.1) is 0 Å². The summed E-state index contributed by atoms with van der Waals surface area (Å²) in [6, 6.07) is -2.98. The second-order valence-corrected chi connectivity index (χ2v) is 3.98. The van der Waals surface area contributed by atoms with Gasteiger partial charge in [0.1, 0.15) is 0 Å². The van der Waals surface area contributed by atoms with E-state index in [-0.39, 0.29) is 37.7 Å². The molecule has 0 aromatic carbocycles. The fourth-order valence-corrected chi connectivity index (χ4v) is 1.29. The van der Waals surface area contributed by atoms with Crippen molar-refractivity contribution in [1.29, 1.82) is 0 Å². The largest absolute Gasteiger partial charge is 1.00 e. The molecule has 0 aliphatic rings. The molecule has 15 heavy (non-hydrogen) atoms. The average Bonchev–Trinajstić information content (AvgIpc) is 2.04. The summed E-state index contributed by atoms with van der Waals surface area (Å²) in [5.74, 6) is 0. The van der Waals surface area contributed by atoms with Crippen LogP contribution in [0.2, 0.25) is 0 Å². The summed E-state index contributed by atoms with van der Waals surface area (Å²) in [4.78, 5) is 9.80. The zero-order valence-electron chi connectivity index (χ0n) is 8.36. The zero-order valence-corrected chi connectivity index (χ0v) is 9.25. The van der Waals surface area contributed by atoms with Crippen molar-refractivity contribution in [1.82, 2.24) is 0 Å². The third kappa shape index (κ3) is 4.66. The minimum atomic E-state index is -5.17. The fraction of sp³-hybridized carbons (Fsp3) is 0.750. The molecule has 11 heteroatoms. The number of rotatable bonds is 5. The van der Waals surface area contributed by atoms with Crippen LogP contribution < -0.4 is 47.9 Å². The molecule has 0 rings (SSSR count). The molecule has 0 fully saturated rings. The number of halogens is 2. The van der Waals surface area contributed by atoms with Gasteiger partial charge >= 0.3 is 45.3 Å². The van der Waals surface area contributed by atoms with Crippen molar-refractivity contribution >= 4 is 13.6 Å². The summed E-state index contributed by atoms with van der Waals surface area (Å²) < 4.78 is 41.3. The first-order valence-corrected chi connectivity index (χ1v) is 4.33. The molecule has 0 aromatic heterocycles. The van der Waals surface area contributed by atoms with E-state index in [1.807, 2.05) is 0 Å². The van der Waals surface area contributed by atoms with Gasteiger partial charge in [-0.1, -0.05) is 0 Å². The van der Waals surface area contributed by atoms with Crippen LogP contribution in [-0.4, -0.2) is 25.5 Å². The van der Waals surface area contributed by atoms with Gasteiger partial charge in [-0.2, -0.15) is 4.39 Å². The van der Waals surface area contributed by atoms with E-state index in [1.54, 1.807) is 0 Å². The molecule has 0 aliphatic heterocycles. The fourth-order valence-electron chi connectivity index (χ4n) is 0.430. The molecule has 0 bridgehead atoms. The summed E-state index contributed by atoms with van der Waals surface area (Å²) in [7, 11) is -4.61. The molecule has 0 radical (unpaired) electrons. The summed E-state index contributed by atoms with van der Waals surface area (Å²) in [5.41, 5.74) is -4.48. The van der Waals surface area contributed by atoms with Crippen molar-refractivity contribution < 1.29 is 75.1 Å². The van der Waals surface area contributed by atoms with E-state index in [1.165, 1.54) is 0 Å². The molecule has 1 unspecified atom stereocenters. The monoisotopic (exact) mass is 232 g/mol. The van der Waals surface area contributed by atoms with Crippen LogP contribution in [0.4, 0.5) is 8.78 Å². The molecule has 0 aromatic rings. The molecule has 78 valence electrons. The molecular formula is C4H5F2Li2O6P. The van der Waals surface area contributed by atoms with Crippen LogP contribution in [-0.2, 0) is 18.4 Å². The minimum absolute atomic E-state index is 0. The minimum Gasteiger partial charge on any atom is -0.846 e. The van der Waals surface area contributed by atoms with Crippen LogP contribution in [0, 0.1) is 0 Å². The Labute approximate surface area is 108 Å². The summed E-state index contributed by atoms with van der Waals surface area (Å²) in [6.07, 6.45) is 0. The topological polar surface area (TPSA) is 98.7 Å². The van der Waals surface area contributed by atoms with E-state index < -0.39 is 26.0 Å². The summed E-state index contributed by atoms with van der Waals surface area (Å²) in [5, 5.41) is 21.0. The molecule has 0 amide bonds. The van der Waals surface area contributed by atoms with Crippen molar-refractivity contribution in [2.24, 2.45) is 0 Å². The average molecular weight is 232 g/mol. The van der Waals surface area contributed by atoms with Crippen molar-refractivity contribution in [2.75, 3.05) is 14.0 Å². The molecule has 0 saturated heterocycles. The Morgan fingerprint density at radius 3 is 2.07 bits per heavy atom. The van der Waals surface area contributed by atoms with Gasteiger partial charge in [-0.15, -0.1) is 0 Å². The standard InChI is InChI=1S/C4H5F2O6P.2Li/c1-11-13(10,12-2-5)4(8,9)3(6)7;;/h2H2,1H3;;/q-2;2*+1. The van der Waals surface area contributed by atoms with E-state index in [4.69, 9.17) is 0 Å². The number of hydrogen-bond acceptors (Lipinski definition) is 6. The van der Waals surface area contributed by atoms with Gasteiger partial charge in [0.25, 0.3) is 6.04 Å². The van der Waals surface area contributed by atoms with E-state index >= 15 is 0 Å². The molecule has 0 saturated carbocycles. The number of alkyl halides is 1. The number of carbonyl (C=O) groups is 1. The predicted octanol–water partition coefficient (Wildman–Crippen LogP) is -7.35. The third-order valence-electron chi connectivity index (χ3n) is 1.07. The summed E-state index contributed by atoms with van der Waals surface area (Å²) in [6.45, 7) is -1.80. The van der Waals surface area contributed by atoms with Gasteiger partial charge in [-0.3, -0.25) is 13.9 Å². The van der Waals surface area contributed by atoms with Crippen molar-refractivity contribution in [3.05, 3.63) is 0 Å². The molecule has 0 aliphatic carbocycles. The Balaban J connectivity index is -0.000000720. The van der Waals surface area contributed by atoms with Crippen LogP contribution in [0.3, 0.4) is 0 Å². The first-order chi connectivity index (χ1) is 5.81. The molecule has 0 spiro atoms. The van der Waals surface area contributed by atoms with Crippen LogP contribution >= 0.6 is 7.60 Å². The van der Waals surface area contributed by atoms with Gasteiger partial charge in [0.15, 0.2) is 6.86 Å². The maximum atomic E-state index is 11.8. The second-order valence-electron chi connectivity index (χ2n) is 1.77. The van der Waals surface area contributed by atoms with E-state index in [9.17, 15) is 28.4 Å². The Hall–Kier alpha value is 0.795. The van der Waals surface area contributed by atoms with Crippen molar-refractivity contribution in [3.8, 4) is 0 Å². The van der Waals surface area contributed by atoms with Crippen molar-refractivity contribution in [3.63, 3.8) is 0 Å². The molecular weight excluding hydrogens is 227 g/mol. The van der Waals surface area contributed by atoms with E-state index in [0.29, 0.717) is 7.11 Å². The van der Waals surface area contributed by atoms with E-state index in [0.717, 1.165) is 0 Å². The third-order valence-corrected chi connectivity index (χ3v) is 2.88. The SMILES string of the molecule is COP(=O)(OCF)C([O-])([O-])C(=O)F.[Li+].[Li+]. The Morgan fingerprint density at radius 1 is 1.47 bits per heavy atom. The molecule has 0 N–H and O–H groups in total. The normalized spacial score (nSPS) is 14.5.